The zero-order valence-corrected chi connectivity index (χ0v) is 11.1. The minimum Gasteiger partial charge on any atom is -0.0776 e. The van der Waals surface area contributed by atoms with E-state index in [4.69, 9.17) is 0 Å². The Morgan fingerprint density at radius 1 is 0.353 bits per heavy atom. The molecule has 0 N–H and O–H groups in total. The van der Waals surface area contributed by atoms with Crippen molar-refractivity contribution >= 4 is 0 Å². The molecule has 0 saturated heterocycles. The van der Waals surface area contributed by atoms with Crippen LogP contribution in [0.3, 0.4) is 0 Å². The molecule has 17 heavy (non-hydrogen) atoms. The maximum absolute atomic E-state index is 1.56. The summed E-state index contributed by atoms with van der Waals surface area (Å²) >= 11 is 0. The molecule has 2 aliphatic carbocycles. The van der Waals surface area contributed by atoms with Gasteiger partial charge in [-0.3, -0.25) is 0 Å². The molecule has 0 aromatic carbocycles. The van der Waals surface area contributed by atoms with E-state index >= 15 is 0 Å². The normalized spacial score (nSPS) is 26.1. The van der Waals surface area contributed by atoms with E-state index in [2.05, 4.69) is 0 Å². The highest BCUT2D eigenvalue weighted by Crippen LogP contribution is 2.35. The predicted molar refractivity (Wildman–Crippen MR) is 78.3 cm³/mol. The highest BCUT2D eigenvalue weighted by Gasteiger charge is 2.22. The zero-order valence-electron chi connectivity index (χ0n) is 11.1. The summed E-state index contributed by atoms with van der Waals surface area (Å²) in [5.74, 6) is 2.22. The van der Waals surface area contributed by atoms with E-state index in [1.54, 1.807) is 25.7 Å². The van der Waals surface area contributed by atoms with Gasteiger partial charge < -0.3 is 0 Å². The second-order valence-electron chi connectivity index (χ2n) is 6.21. The van der Waals surface area contributed by atoms with Crippen LogP contribution in [0.2, 0.25) is 0 Å². The number of hydrogen-bond donors (Lipinski definition) is 0. The third kappa shape index (κ3) is 5.44. The summed E-state index contributed by atoms with van der Waals surface area (Å²) in [7, 11) is 0. The van der Waals surface area contributed by atoms with E-state index in [-0.39, 0.29) is 7.43 Å². The summed E-state index contributed by atoms with van der Waals surface area (Å²) in [5, 5.41) is 0. The molecule has 0 heteroatoms. The average Bonchev–Trinajstić information content (AvgIpc) is 2.18. The summed E-state index contributed by atoms with van der Waals surface area (Å²) in [6.45, 7) is 0. The molecule has 0 atom stereocenters. The fourth-order valence-electron chi connectivity index (χ4n) is 3.92. The summed E-state index contributed by atoms with van der Waals surface area (Å²) in [4.78, 5) is 0. The molecule has 0 aromatic heterocycles. The van der Waals surface area contributed by atoms with Gasteiger partial charge in [0.25, 0.3) is 0 Å². The first-order chi connectivity index (χ1) is 7.97. The summed E-state index contributed by atoms with van der Waals surface area (Å²) < 4.78 is 0. The molecule has 2 fully saturated rings. The Balaban J connectivity index is 0.00000144. The molecule has 102 valence electrons. The van der Waals surface area contributed by atoms with Crippen LogP contribution in [0, 0.1) is 11.8 Å². The molecule has 0 heterocycles. The van der Waals surface area contributed by atoms with Crippen LogP contribution in [-0.4, -0.2) is 0 Å². The van der Waals surface area contributed by atoms with Crippen LogP contribution < -0.4 is 0 Å². The van der Waals surface area contributed by atoms with E-state index in [1.807, 2.05) is 0 Å². The van der Waals surface area contributed by atoms with Crippen LogP contribution in [0.5, 0.6) is 0 Å². The first-order valence-electron chi connectivity index (χ1n) is 7.97. The summed E-state index contributed by atoms with van der Waals surface area (Å²) in [6.07, 6.45) is 21.4. The van der Waals surface area contributed by atoms with E-state index in [1.165, 1.54) is 64.2 Å². The van der Waals surface area contributed by atoms with Gasteiger partial charge in [-0.2, -0.15) is 0 Å². The van der Waals surface area contributed by atoms with Gasteiger partial charge in [-0.05, 0) is 11.8 Å². The standard InChI is InChI=1S/C16H30.CH4/c1-3-7-11-15(12-8-4-1)16-13-9-5-2-6-10-14-16;/h15-16H,1-14H2;1H4. The highest BCUT2D eigenvalue weighted by atomic mass is 14.3. The van der Waals surface area contributed by atoms with Crippen molar-refractivity contribution in [1.82, 2.24) is 0 Å². The second kappa shape index (κ2) is 9.00. The SMILES string of the molecule is C.C1CCCC(C2CCCCCCC2)CCC1. The topological polar surface area (TPSA) is 0 Å². The van der Waals surface area contributed by atoms with Gasteiger partial charge >= 0.3 is 0 Å². The molecular formula is C17H34. The highest BCUT2D eigenvalue weighted by molar-refractivity contribution is 4.74. The van der Waals surface area contributed by atoms with Crippen LogP contribution in [0.15, 0.2) is 0 Å². The van der Waals surface area contributed by atoms with Gasteiger partial charge in [0, 0.05) is 0 Å². The summed E-state index contributed by atoms with van der Waals surface area (Å²) in [6, 6.07) is 0. The van der Waals surface area contributed by atoms with E-state index in [9.17, 15) is 0 Å². The lowest BCUT2D eigenvalue weighted by molar-refractivity contribution is 0.221. The van der Waals surface area contributed by atoms with E-state index in [0.29, 0.717) is 0 Å². The lowest BCUT2D eigenvalue weighted by atomic mass is 9.76. The minimum atomic E-state index is 0. The number of hydrogen-bond acceptors (Lipinski definition) is 0. The quantitative estimate of drug-likeness (QED) is 0.500. The Hall–Kier alpha value is 0. The maximum Gasteiger partial charge on any atom is -0.0386 e. The molecule has 0 bridgehead atoms. The smallest absolute Gasteiger partial charge is 0.0386 e. The Morgan fingerprint density at radius 3 is 0.882 bits per heavy atom. The van der Waals surface area contributed by atoms with Gasteiger partial charge in [0.2, 0.25) is 0 Å². The van der Waals surface area contributed by atoms with Gasteiger partial charge in [-0.25, -0.2) is 0 Å². The van der Waals surface area contributed by atoms with Crippen molar-refractivity contribution in [1.29, 1.82) is 0 Å². The molecule has 2 rings (SSSR count). The molecule has 0 amide bonds. The number of rotatable bonds is 1. The molecule has 0 unspecified atom stereocenters. The van der Waals surface area contributed by atoms with Gasteiger partial charge in [0.1, 0.15) is 0 Å². The van der Waals surface area contributed by atoms with E-state index < -0.39 is 0 Å². The third-order valence-electron chi connectivity index (χ3n) is 4.97. The van der Waals surface area contributed by atoms with Crippen LogP contribution in [0.4, 0.5) is 0 Å². The van der Waals surface area contributed by atoms with Crippen molar-refractivity contribution in [2.75, 3.05) is 0 Å². The van der Waals surface area contributed by atoms with Crippen LogP contribution in [0.1, 0.15) is 97.3 Å². The van der Waals surface area contributed by atoms with Crippen LogP contribution >= 0.6 is 0 Å². The van der Waals surface area contributed by atoms with Gasteiger partial charge in [-0.1, -0.05) is 97.3 Å². The first-order valence-corrected chi connectivity index (χ1v) is 7.97. The fraction of sp³-hybridized carbons (Fsp3) is 1.00. The molecule has 0 radical (unpaired) electrons. The monoisotopic (exact) mass is 238 g/mol. The van der Waals surface area contributed by atoms with Crippen molar-refractivity contribution < 1.29 is 0 Å². The Bertz CT molecular complexity index is 137. The summed E-state index contributed by atoms with van der Waals surface area (Å²) in [5.41, 5.74) is 0. The van der Waals surface area contributed by atoms with Crippen molar-refractivity contribution in [2.24, 2.45) is 11.8 Å². The molecule has 0 aromatic rings. The van der Waals surface area contributed by atoms with Crippen molar-refractivity contribution in [2.45, 2.75) is 97.3 Å². The largest absolute Gasteiger partial charge is 0.0776 e. The lowest BCUT2D eigenvalue weighted by Gasteiger charge is -2.30. The van der Waals surface area contributed by atoms with Gasteiger partial charge in [0.05, 0.1) is 0 Å². The zero-order chi connectivity index (χ0) is 11.1. The average molecular weight is 238 g/mol. The second-order valence-corrected chi connectivity index (χ2v) is 6.21. The molecule has 0 aliphatic heterocycles. The van der Waals surface area contributed by atoms with Crippen LogP contribution in [-0.2, 0) is 0 Å². The van der Waals surface area contributed by atoms with Crippen LogP contribution in [0.25, 0.3) is 0 Å². The fourth-order valence-corrected chi connectivity index (χ4v) is 3.92. The van der Waals surface area contributed by atoms with Crippen molar-refractivity contribution in [3.05, 3.63) is 0 Å². The Labute approximate surface area is 110 Å². The maximum atomic E-state index is 1.56. The molecule has 2 aliphatic rings. The predicted octanol–water partition coefficient (Wildman–Crippen LogP) is 6.34. The molecule has 2 saturated carbocycles. The molecule has 0 spiro atoms. The van der Waals surface area contributed by atoms with Gasteiger partial charge in [-0.15, -0.1) is 0 Å². The van der Waals surface area contributed by atoms with Crippen molar-refractivity contribution in [3.8, 4) is 0 Å². The molecule has 0 nitrogen and oxygen atoms in total. The molecular weight excluding hydrogens is 204 g/mol. The Morgan fingerprint density at radius 2 is 0.588 bits per heavy atom. The van der Waals surface area contributed by atoms with Crippen molar-refractivity contribution in [3.63, 3.8) is 0 Å². The minimum absolute atomic E-state index is 0. The van der Waals surface area contributed by atoms with Gasteiger partial charge in [0.15, 0.2) is 0 Å². The third-order valence-corrected chi connectivity index (χ3v) is 4.97. The Kier molecular flexibility index (Phi) is 7.97. The van der Waals surface area contributed by atoms with E-state index in [0.717, 1.165) is 11.8 Å². The first kappa shape index (κ1) is 15.1. The lowest BCUT2D eigenvalue weighted by Crippen LogP contribution is -2.17.